The molecule has 0 saturated heterocycles. The third kappa shape index (κ3) is 7.29. The molecule has 2 aromatic carbocycles. The first-order valence-corrected chi connectivity index (χ1v) is 12.2. The Kier molecular flexibility index (Phi) is 9.12. The molecule has 1 amide bonds. The summed E-state index contributed by atoms with van der Waals surface area (Å²) >= 11 is 0. The monoisotopic (exact) mass is 458 g/mol. The summed E-state index contributed by atoms with van der Waals surface area (Å²) in [5.74, 6) is 6.32. The quantitative estimate of drug-likeness (QED) is 0.559. The zero-order valence-electron chi connectivity index (χ0n) is 19.1. The van der Waals surface area contributed by atoms with Crippen molar-refractivity contribution >= 4 is 21.6 Å². The van der Waals surface area contributed by atoms with Gasteiger partial charge in [-0.3, -0.25) is 4.79 Å². The molecule has 8 heteroatoms. The third-order valence-corrected chi connectivity index (χ3v) is 5.23. The second kappa shape index (κ2) is 11.6. The van der Waals surface area contributed by atoms with E-state index in [9.17, 15) is 13.2 Å². The van der Waals surface area contributed by atoms with Crippen LogP contribution in [0.3, 0.4) is 0 Å². The number of hydrogen-bond donors (Lipinski definition) is 2. The van der Waals surface area contributed by atoms with Crippen LogP contribution in [0.5, 0.6) is 11.5 Å². The summed E-state index contributed by atoms with van der Waals surface area (Å²) in [5.41, 5.74) is 2.13. The lowest BCUT2D eigenvalue weighted by atomic mass is 10.0. The van der Waals surface area contributed by atoms with Crippen molar-refractivity contribution in [3.63, 3.8) is 0 Å². The van der Waals surface area contributed by atoms with Crippen LogP contribution in [0.1, 0.15) is 27.2 Å². The van der Waals surface area contributed by atoms with Crippen molar-refractivity contribution < 1.29 is 22.7 Å². The summed E-state index contributed by atoms with van der Waals surface area (Å²) in [5, 5.41) is 2.86. The van der Waals surface area contributed by atoms with Crippen molar-refractivity contribution in [1.82, 2.24) is 4.72 Å². The van der Waals surface area contributed by atoms with Crippen LogP contribution in [0.15, 0.2) is 42.5 Å². The van der Waals surface area contributed by atoms with E-state index in [1.165, 1.54) is 0 Å². The average Bonchev–Trinajstić information content (AvgIpc) is 2.74. The molecule has 1 atom stereocenters. The molecule has 0 heterocycles. The van der Waals surface area contributed by atoms with Crippen LogP contribution in [0.4, 0.5) is 5.69 Å². The molecular formula is C24H30N2O5S. The van der Waals surface area contributed by atoms with Gasteiger partial charge < -0.3 is 14.8 Å². The fourth-order valence-electron chi connectivity index (χ4n) is 3.02. The second-order valence-corrected chi connectivity index (χ2v) is 9.29. The van der Waals surface area contributed by atoms with Gasteiger partial charge in [0, 0.05) is 17.7 Å². The molecule has 0 aromatic heterocycles. The zero-order valence-corrected chi connectivity index (χ0v) is 19.9. The molecule has 2 aromatic rings. The SMILES string of the molecule is CCC#CCOc1ccc(-c2ccccc2NC(=O)[C@@H](NS(C)(=O)=O)C(C)C)cc1OC. The van der Waals surface area contributed by atoms with E-state index in [-0.39, 0.29) is 12.5 Å². The normalized spacial score (nSPS) is 11.9. The van der Waals surface area contributed by atoms with Crippen molar-refractivity contribution in [2.24, 2.45) is 5.92 Å². The summed E-state index contributed by atoms with van der Waals surface area (Å²) < 4.78 is 36.9. The van der Waals surface area contributed by atoms with Gasteiger partial charge in [0.1, 0.15) is 12.6 Å². The first-order valence-electron chi connectivity index (χ1n) is 10.3. The van der Waals surface area contributed by atoms with E-state index in [4.69, 9.17) is 9.47 Å². The summed E-state index contributed by atoms with van der Waals surface area (Å²) in [7, 11) is -1.99. The molecule has 2 rings (SSSR count). The summed E-state index contributed by atoms with van der Waals surface area (Å²) in [4.78, 5) is 12.9. The molecule has 0 aliphatic carbocycles. The minimum absolute atomic E-state index is 0.232. The number of amides is 1. The van der Waals surface area contributed by atoms with Gasteiger partial charge in [0.25, 0.3) is 0 Å². The molecule has 0 unspecified atom stereocenters. The number of nitrogens with one attached hydrogen (secondary N) is 2. The lowest BCUT2D eigenvalue weighted by Crippen LogP contribution is -2.46. The fraction of sp³-hybridized carbons (Fsp3) is 0.375. The Hall–Kier alpha value is -3.02. The second-order valence-electron chi connectivity index (χ2n) is 7.51. The molecule has 0 fully saturated rings. The van der Waals surface area contributed by atoms with Gasteiger partial charge in [-0.2, -0.15) is 0 Å². The Balaban J connectivity index is 2.32. The number of benzene rings is 2. The Morgan fingerprint density at radius 3 is 2.44 bits per heavy atom. The Labute approximate surface area is 190 Å². The minimum atomic E-state index is -3.54. The number of anilines is 1. The van der Waals surface area contributed by atoms with E-state index in [0.29, 0.717) is 17.2 Å². The highest BCUT2D eigenvalue weighted by Gasteiger charge is 2.26. The lowest BCUT2D eigenvalue weighted by Gasteiger charge is -2.21. The van der Waals surface area contributed by atoms with Crippen molar-refractivity contribution in [2.75, 3.05) is 25.3 Å². The molecule has 0 saturated carbocycles. The number of sulfonamides is 1. The molecule has 7 nitrogen and oxygen atoms in total. The van der Waals surface area contributed by atoms with Crippen LogP contribution in [0.25, 0.3) is 11.1 Å². The number of para-hydroxylation sites is 1. The highest BCUT2D eigenvalue weighted by atomic mass is 32.2. The first kappa shape index (κ1) is 25.2. The predicted molar refractivity (Wildman–Crippen MR) is 127 cm³/mol. The van der Waals surface area contributed by atoms with E-state index in [2.05, 4.69) is 21.9 Å². The van der Waals surface area contributed by atoms with E-state index in [1.807, 2.05) is 31.2 Å². The zero-order chi connectivity index (χ0) is 23.7. The maximum atomic E-state index is 12.9. The summed E-state index contributed by atoms with van der Waals surface area (Å²) in [6.45, 7) is 5.80. The Bertz CT molecular complexity index is 1100. The standard InChI is InChI=1S/C24H30N2O5S/c1-6-7-10-15-31-21-14-13-18(16-22(21)30-4)19-11-8-9-12-20(19)25-24(27)23(17(2)3)26-32(5,28)29/h8-9,11-14,16-17,23,26H,6,15H2,1-5H3,(H,25,27)/t23-/m0/s1. The van der Waals surface area contributed by atoms with Crippen LogP contribution in [-0.2, 0) is 14.8 Å². The largest absolute Gasteiger partial charge is 0.493 e. The Morgan fingerprint density at radius 2 is 1.81 bits per heavy atom. The lowest BCUT2D eigenvalue weighted by molar-refractivity contribution is -0.118. The average molecular weight is 459 g/mol. The predicted octanol–water partition coefficient (Wildman–Crippen LogP) is 3.67. The maximum absolute atomic E-state index is 12.9. The van der Waals surface area contributed by atoms with Crippen molar-refractivity contribution in [3.8, 4) is 34.5 Å². The van der Waals surface area contributed by atoms with Crippen LogP contribution >= 0.6 is 0 Å². The van der Waals surface area contributed by atoms with E-state index >= 15 is 0 Å². The smallest absolute Gasteiger partial charge is 0.242 e. The highest BCUT2D eigenvalue weighted by molar-refractivity contribution is 7.88. The number of carbonyl (C=O) groups is 1. The van der Waals surface area contributed by atoms with Gasteiger partial charge in [0.15, 0.2) is 11.5 Å². The van der Waals surface area contributed by atoms with Crippen LogP contribution in [0, 0.1) is 17.8 Å². The van der Waals surface area contributed by atoms with E-state index < -0.39 is 22.0 Å². The van der Waals surface area contributed by atoms with Crippen LogP contribution in [-0.4, -0.2) is 40.3 Å². The molecule has 0 spiro atoms. The van der Waals surface area contributed by atoms with Gasteiger partial charge in [0.2, 0.25) is 15.9 Å². The fourth-order valence-corrected chi connectivity index (χ4v) is 3.86. The molecule has 32 heavy (non-hydrogen) atoms. The number of methoxy groups -OCH3 is 1. The number of ether oxygens (including phenoxy) is 2. The van der Waals surface area contributed by atoms with Gasteiger partial charge in [0.05, 0.1) is 13.4 Å². The number of carbonyl (C=O) groups excluding carboxylic acids is 1. The van der Waals surface area contributed by atoms with Gasteiger partial charge in [-0.1, -0.05) is 51.0 Å². The third-order valence-electron chi connectivity index (χ3n) is 4.55. The molecule has 2 N–H and O–H groups in total. The van der Waals surface area contributed by atoms with Gasteiger partial charge in [-0.25, -0.2) is 13.1 Å². The summed E-state index contributed by atoms with van der Waals surface area (Å²) in [6.07, 6.45) is 1.80. The molecule has 0 bridgehead atoms. The molecule has 0 aliphatic rings. The Morgan fingerprint density at radius 1 is 1.09 bits per heavy atom. The molecule has 0 radical (unpaired) electrons. The topological polar surface area (TPSA) is 93.7 Å². The van der Waals surface area contributed by atoms with Crippen molar-refractivity contribution in [2.45, 2.75) is 33.2 Å². The minimum Gasteiger partial charge on any atom is -0.493 e. The van der Waals surface area contributed by atoms with Gasteiger partial charge in [-0.05, 0) is 29.7 Å². The van der Waals surface area contributed by atoms with Gasteiger partial charge >= 0.3 is 0 Å². The molecular weight excluding hydrogens is 428 g/mol. The van der Waals surface area contributed by atoms with E-state index in [1.54, 1.807) is 39.2 Å². The maximum Gasteiger partial charge on any atom is 0.242 e. The highest BCUT2D eigenvalue weighted by Crippen LogP contribution is 2.35. The summed E-state index contributed by atoms with van der Waals surface area (Å²) in [6, 6.07) is 11.9. The van der Waals surface area contributed by atoms with Crippen molar-refractivity contribution in [3.05, 3.63) is 42.5 Å². The molecule has 0 aliphatic heterocycles. The molecule has 172 valence electrons. The van der Waals surface area contributed by atoms with Gasteiger partial charge in [-0.15, -0.1) is 5.92 Å². The van der Waals surface area contributed by atoms with Crippen LogP contribution < -0.4 is 19.5 Å². The van der Waals surface area contributed by atoms with E-state index in [0.717, 1.165) is 23.8 Å². The first-order chi connectivity index (χ1) is 15.2. The van der Waals surface area contributed by atoms with Crippen LogP contribution in [0.2, 0.25) is 0 Å². The number of rotatable bonds is 9. The number of hydrogen-bond acceptors (Lipinski definition) is 5. The van der Waals surface area contributed by atoms with Crippen molar-refractivity contribution in [1.29, 1.82) is 0 Å².